The van der Waals surface area contributed by atoms with Crippen LogP contribution in [0.25, 0.3) is 11.0 Å². The lowest BCUT2D eigenvalue weighted by molar-refractivity contribution is -0.117. The maximum absolute atomic E-state index is 13.1. The van der Waals surface area contributed by atoms with Crippen molar-refractivity contribution in [2.45, 2.75) is 72.3 Å². The maximum atomic E-state index is 13.1. The van der Waals surface area contributed by atoms with Crippen molar-refractivity contribution in [3.63, 3.8) is 0 Å². The van der Waals surface area contributed by atoms with Gasteiger partial charge in [-0.15, -0.1) is 0 Å². The van der Waals surface area contributed by atoms with Gasteiger partial charge in [-0.3, -0.25) is 4.79 Å². The number of para-hydroxylation sites is 2. The molecule has 0 spiro atoms. The second kappa shape index (κ2) is 11.0. The van der Waals surface area contributed by atoms with E-state index in [-0.39, 0.29) is 11.8 Å². The number of aromatic nitrogens is 2. The summed E-state index contributed by atoms with van der Waals surface area (Å²) < 4.78 is 8.57. The first-order valence-corrected chi connectivity index (χ1v) is 13.9. The summed E-state index contributed by atoms with van der Waals surface area (Å²) in [6.45, 7) is 12.9. The smallest absolute Gasteiger partial charge is 0.227 e. The minimum atomic E-state index is 0.0766. The molecule has 198 valence electrons. The van der Waals surface area contributed by atoms with Gasteiger partial charge in [-0.25, -0.2) is 4.98 Å². The van der Waals surface area contributed by atoms with E-state index in [4.69, 9.17) is 9.72 Å². The number of nitrogens with zero attached hydrogens (tertiary/aromatic N) is 3. The lowest BCUT2D eigenvalue weighted by Gasteiger charge is -2.20. The first kappa shape index (κ1) is 26.0. The SMILES string of the molecule is Cc1ccc(N2CC(c3nc4ccccc4n3CCCCOc3cc(C)ccc3C(C)C)CC2=O)c(C)c1. The highest BCUT2D eigenvalue weighted by molar-refractivity contribution is 5.97. The van der Waals surface area contributed by atoms with Gasteiger partial charge in [-0.2, -0.15) is 0 Å². The molecule has 0 radical (unpaired) electrons. The van der Waals surface area contributed by atoms with Gasteiger partial charge in [0.2, 0.25) is 5.91 Å². The fraction of sp³-hybridized carbons (Fsp3) is 0.394. The molecule has 1 amide bonds. The molecule has 3 aromatic carbocycles. The van der Waals surface area contributed by atoms with Gasteiger partial charge in [-0.05, 0) is 80.5 Å². The predicted molar refractivity (Wildman–Crippen MR) is 155 cm³/mol. The monoisotopic (exact) mass is 509 g/mol. The Bertz CT molecular complexity index is 1450. The lowest BCUT2D eigenvalue weighted by Crippen LogP contribution is -2.25. The van der Waals surface area contributed by atoms with Crippen molar-refractivity contribution in [1.29, 1.82) is 0 Å². The Kier molecular flexibility index (Phi) is 7.55. The van der Waals surface area contributed by atoms with E-state index in [1.165, 1.54) is 16.7 Å². The van der Waals surface area contributed by atoms with Crippen molar-refractivity contribution in [3.05, 3.63) is 88.7 Å². The van der Waals surface area contributed by atoms with E-state index < -0.39 is 0 Å². The Labute approximate surface area is 226 Å². The number of carbonyl (C=O) groups excluding carboxylic acids is 1. The molecule has 1 aliphatic rings. The fourth-order valence-electron chi connectivity index (χ4n) is 5.66. The van der Waals surface area contributed by atoms with Gasteiger partial charge in [0, 0.05) is 31.1 Å². The molecule has 4 aromatic rings. The van der Waals surface area contributed by atoms with Crippen molar-refractivity contribution >= 4 is 22.6 Å². The number of aryl methyl sites for hydroxylation is 4. The van der Waals surface area contributed by atoms with Crippen LogP contribution in [0.2, 0.25) is 0 Å². The third kappa shape index (κ3) is 5.33. The Morgan fingerprint density at radius 2 is 1.74 bits per heavy atom. The number of unbranched alkanes of at least 4 members (excludes halogenated alkanes) is 1. The fourth-order valence-corrected chi connectivity index (χ4v) is 5.66. The molecule has 5 heteroatoms. The molecule has 2 heterocycles. The normalized spacial score (nSPS) is 15.7. The average molecular weight is 510 g/mol. The summed E-state index contributed by atoms with van der Waals surface area (Å²) in [4.78, 5) is 20.1. The van der Waals surface area contributed by atoms with Gasteiger partial charge in [0.15, 0.2) is 0 Å². The van der Waals surface area contributed by atoms with E-state index in [0.29, 0.717) is 25.5 Å². The maximum Gasteiger partial charge on any atom is 0.227 e. The molecule has 1 atom stereocenters. The van der Waals surface area contributed by atoms with Crippen LogP contribution in [0.1, 0.15) is 73.0 Å². The highest BCUT2D eigenvalue weighted by Crippen LogP contribution is 2.35. The second-order valence-electron chi connectivity index (χ2n) is 11.1. The van der Waals surface area contributed by atoms with E-state index in [9.17, 15) is 4.79 Å². The third-order valence-electron chi connectivity index (χ3n) is 7.64. The number of hydrogen-bond acceptors (Lipinski definition) is 3. The minimum Gasteiger partial charge on any atom is -0.493 e. The molecule has 0 aliphatic carbocycles. The zero-order chi connectivity index (χ0) is 26.8. The number of carbonyl (C=O) groups is 1. The number of imidazole rings is 1. The van der Waals surface area contributed by atoms with Crippen LogP contribution in [0.4, 0.5) is 5.69 Å². The van der Waals surface area contributed by atoms with E-state index in [0.717, 1.165) is 53.2 Å². The Balaban J connectivity index is 1.30. The Morgan fingerprint density at radius 1 is 0.974 bits per heavy atom. The Morgan fingerprint density at radius 3 is 2.53 bits per heavy atom. The summed E-state index contributed by atoms with van der Waals surface area (Å²) >= 11 is 0. The number of rotatable bonds is 9. The molecule has 1 fully saturated rings. The third-order valence-corrected chi connectivity index (χ3v) is 7.64. The van der Waals surface area contributed by atoms with Crippen LogP contribution in [0.5, 0.6) is 5.75 Å². The first-order valence-electron chi connectivity index (χ1n) is 13.9. The van der Waals surface area contributed by atoms with Gasteiger partial charge >= 0.3 is 0 Å². The highest BCUT2D eigenvalue weighted by atomic mass is 16.5. The zero-order valence-electron chi connectivity index (χ0n) is 23.3. The molecule has 5 rings (SSSR count). The van der Waals surface area contributed by atoms with E-state index >= 15 is 0 Å². The summed E-state index contributed by atoms with van der Waals surface area (Å²) in [5.74, 6) is 2.71. The van der Waals surface area contributed by atoms with E-state index in [1.54, 1.807) is 0 Å². The zero-order valence-corrected chi connectivity index (χ0v) is 23.3. The quantitative estimate of drug-likeness (QED) is 0.220. The standard InChI is InChI=1S/C33H39N3O2/c1-22(2)27-14-12-24(4)19-31(27)38-17-9-8-16-35-30-11-7-6-10-28(30)34-33(35)26-20-32(37)36(21-26)29-15-13-23(3)18-25(29)5/h6-7,10-15,18-19,22,26H,8-9,16-17,20-21H2,1-5H3. The largest absolute Gasteiger partial charge is 0.493 e. The van der Waals surface area contributed by atoms with Gasteiger partial charge in [-0.1, -0.05) is 55.8 Å². The summed E-state index contributed by atoms with van der Waals surface area (Å²) in [5, 5.41) is 0. The molecule has 1 aliphatic heterocycles. The molecule has 1 aromatic heterocycles. The van der Waals surface area contributed by atoms with Crippen molar-refractivity contribution in [1.82, 2.24) is 9.55 Å². The molecule has 0 bridgehead atoms. The molecular formula is C33H39N3O2. The summed E-state index contributed by atoms with van der Waals surface area (Å²) in [6.07, 6.45) is 2.43. The van der Waals surface area contributed by atoms with Crippen LogP contribution in [-0.2, 0) is 11.3 Å². The van der Waals surface area contributed by atoms with Gasteiger partial charge < -0.3 is 14.2 Å². The lowest BCUT2D eigenvalue weighted by atomic mass is 10.0. The molecule has 5 nitrogen and oxygen atoms in total. The number of hydrogen-bond donors (Lipinski definition) is 0. The van der Waals surface area contributed by atoms with Gasteiger partial charge in [0.1, 0.15) is 11.6 Å². The summed E-state index contributed by atoms with van der Waals surface area (Å²) in [6, 6.07) is 21.1. The number of ether oxygens (including phenoxy) is 1. The van der Waals surface area contributed by atoms with Gasteiger partial charge in [0.25, 0.3) is 0 Å². The first-order chi connectivity index (χ1) is 18.3. The molecule has 38 heavy (non-hydrogen) atoms. The number of benzene rings is 3. The van der Waals surface area contributed by atoms with Crippen molar-refractivity contribution in [3.8, 4) is 5.75 Å². The van der Waals surface area contributed by atoms with Crippen molar-refractivity contribution in [2.24, 2.45) is 0 Å². The summed E-state index contributed by atoms with van der Waals surface area (Å²) in [7, 11) is 0. The molecule has 0 N–H and O–H groups in total. The number of anilines is 1. The summed E-state index contributed by atoms with van der Waals surface area (Å²) in [5.41, 5.74) is 7.99. The minimum absolute atomic E-state index is 0.0766. The molecular weight excluding hydrogens is 470 g/mol. The Hall–Kier alpha value is -3.60. The van der Waals surface area contributed by atoms with E-state index in [2.05, 4.69) is 93.8 Å². The average Bonchev–Trinajstić information content (AvgIpc) is 3.44. The topological polar surface area (TPSA) is 47.4 Å². The highest BCUT2D eigenvalue weighted by Gasteiger charge is 2.35. The van der Waals surface area contributed by atoms with Crippen molar-refractivity contribution < 1.29 is 9.53 Å². The van der Waals surface area contributed by atoms with Crippen LogP contribution >= 0.6 is 0 Å². The number of amides is 1. The molecule has 0 saturated carbocycles. The van der Waals surface area contributed by atoms with E-state index in [1.807, 2.05) is 11.0 Å². The predicted octanol–water partition coefficient (Wildman–Crippen LogP) is 7.46. The van der Waals surface area contributed by atoms with Crippen LogP contribution < -0.4 is 9.64 Å². The molecule has 1 unspecified atom stereocenters. The number of fused-ring (bicyclic) bond motifs is 1. The van der Waals surface area contributed by atoms with Crippen molar-refractivity contribution in [2.75, 3.05) is 18.1 Å². The molecule has 1 saturated heterocycles. The van der Waals surface area contributed by atoms with Crippen LogP contribution in [0.15, 0.2) is 60.7 Å². The van der Waals surface area contributed by atoms with Crippen LogP contribution in [-0.4, -0.2) is 28.6 Å². The van der Waals surface area contributed by atoms with Crippen LogP contribution in [0, 0.1) is 20.8 Å². The second-order valence-corrected chi connectivity index (χ2v) is 11.1. The van der Waals surface area contributed by atoms with Crippen LogP contribution in [0.3, 0.4) is 0 Å². The van der Waals surface area contributed by atoms with Gasteiger partial charge in [0.05, 0.1) is 17.6 Å².